The van der Waals surface area contributed by atoms with Gasteiger partial charge in [-0.1, -0.05) is 18.2 Å². The third-order valence-corrected chi connectivity index (χ3v) is 2.77. The van der Waals surface area contributed by atoms with Crippen molar-refractivity contribution < 1.29 is 24.7 Å². The Hall–Kier alpha value is -2.93. The number of benzene rings is 2. The highest BCUT2D eigenvalue weighted by Crippen LogP contribution is 2.31. The second-order valence-corrected chi connectivity index (χ2v) is 4.11. The summed E-state index contributed by atoms with van der Waals surface area (Å²) in [5.74, 6) is -1.18. The van der Waals surface area contributed by atoms with Crippen molar-refractivity contribution in [2.75, 3.05) is 0 Å². The van der Waals surface area contributed by atoms with Gasteiger partial charge in [-0.2, -0.15) is 0 Å². The maximum Gasteiger partial charge on any atom is 0.339 e. The zero-order valence-corrected chi connectivity index (χ0v) is 10.7. The molecule has 0 atom stereocenters. The number of carboxylic acid groups (broad SMARTS) is 1. The monoisotopic (exact) mass is 289 g/mol. The molecule has 0 aliphatic carbocycles. The van der Waals surface area contributed by atoms with E-state index in [0.717, 1.165) is 18.2 Å². The van der Waals surface area contributed by atoms with Crippen molar-refractivity contribution >= 4 is 11.7 Å². The molecule has 0 fully saturated rings. The van der Waals surface area contributed by atoms with E-state index in [2.05, 4.69) is 0 Å². The van der Waals surface area contributed by atoms with Gasteiger partial charge in [-0.05, 0) is 12.1 Å². The van der Waals surface area contributed by atoms with Crippen LogP contribution in [0.1, 0.15) is 15.9 Å². The van der Waals surface area contributed by atoms with E-state index in [1.54, 1.807) is 18.2 Å². The molecule has 0 saturated carbocycles. The van der Waals surface area contributed by atoms with Crippen LogP contribution in [0.2, 0.25) is 0 Å². The zero-order valence-electron chi connectivity index (χ0n) is 10.7. The van der Waals surface area contributed by atoms with Crippen LogP contribution in [0.5, 0.6) is 11.5 Å². The fourth-order valence-corrected chi connectivity index (χ4v) is 1.74. The van der Waals surface area contributed by atoms with E-state index in [0.29, 0.717) is 5.56 Å². The smallest absolute Gasteiger partial charge is 0.339 e. The number of nitro benzene ring substituents is 1. The number of aliphatic hydroxyl groups excluding tert-OH is 1. The summed E-state index contributed by atoms with van der Waals surface area (Å²) in [6.45, 7) is -0.298. The highest BCUT2D eigenvalue weighted by molar-refractivity contribution is 5.91. The van der Waals surface area contributed by atoms with Crippen LogP contribution >= 0.6 is 0 Å². The second-order valence-electron chi connectivity index (χ2n) is 4.11. The first kappa shape index (κ1) is 14.5. The molecule has 108 valence electrons. The number of ether oxygens (including phenoxy) is 1. The Morgan fingerprint density at radius 2 is 1.90 bits per heavy atom. The van der Waals surface area contributed by atoms with Crippen LogP contribution in [0.3, 0.4) is 0 Å². The van der Waals surface area contributed by atoms with Crippen LogP contribution in [0.4, 0.5) is 5.69 Å². The van der Waals surface area contributed by atoms with Crippen molar-refractivity contribution in [3.8, 4) is 11.5 Å². The van der Waals surface area contributed by atoms with Gasteiger partial charge < -0.3 is 14.9 Å². The van der Waals surface area contributed by atoms with Crippen LogP contribution in [0.25, 0.3) is 0 Å². The summed E-state index contributed by atoms with van der Waals surface area (Å²) in [7, 11) is 0. The average Bonchev–Trinajstić information content (AvgIpc) is 2.47. The number of nitrogens with zero attached hydrogens (tertiary/aromatic N) is 1. The molecule has 2 rings (SSSR count). The van der Waals surface area contributed by atoms with Crippen molar-refractivity contribution in [1.29, 1.82) is 0 Å². The summed E-state index contributed by atoms with van der Waals surface area (Å²) in [5.41, 5.74) is -0.0369. The van der Waals surface area contributed by atoms with Gasteiger partial charge in [-0.15, -0.1) is 0 Å². The number of aromatic carboxylic acids is 1. The molecule has 0 unspecified atom stereocenters. The highest BCUT2D eigenvalue weighted by Gasteiger charge is 2.18. The van der Waals surface area contributed by atoms with Gasteiger partial charge in [0, 0.05) is 11.6 Å². The lowest BCUT2D eigenvalue weighted by molar-refractivity contribution is -0.384. The Morgan fingerprint density at radius 3 is 2.52 bits per heavy atom. The Bertz CT molecular complexity index is 698. The van der Waals surface area contributed by atoms with Gasteiger partial charge in [0.15, 0.2) is 0 Å². The van der Waals surface area contributed by atoms with Crippen LogP contribution in [0, 0.1) is 10.1 Å². The van der Waals surface area contributed by atoms with Gasteiger partial charge in [-0.3, -0.25) is 10.1 Å². The first-order chi connectivity index (χ1) is 10.0. The molecule has 2 aromatic rings. The predicted molar refractivity (Wildman–Crippen MR) is 72.5 cm³/mol. The van der Waals surface area contributed by atoms with Crippen molar-refractivity contribution in [3.05, 3.63) is 63.7 Å². The number of hydrogen-bond donors (Lipinski definition) is 2. The van der Waals surface area contributed by atoms with Gasteiger partial charge in [0.25, 0.3) is 5.69 Å². The molecule has 0 amide bonds. The lowest BCUT2D eigenvalue weighted by Crippen LogP contribution is -2.02. The predicted octanol–water partition coefficient (Wildman–Crippen LogP) is 2.58. The Labute approximate surface area is 119 Å². The Kier molecular flexibility index (Phi) is 4.15. The molecule has 0 bridgehead atoms. The molecule has 7 nitrogen and oxygen atoms in total. The fraction of sp³-hybridized carbons (Fsp3) is 0.0714. The summed E-state index contributed by atoms with van der Waals surface area (Å²) in [6, 6.07) is 9.71. The first-order valence-corrected chi connectivity index (χ1v) is 5.91. The molecule has 0 aliphatic rings. The van der Waals surface area contributed by atoms with E-state index in [1.165, 1.54) is 6.07 Å². The molecule has 0 spiro atoms. The third kappa shape index (κ3) is 3.15. The average molecular weight is 289 g/mol. The van der Waals surface area contributed by atoms with Gasteiger partial charge in [0.05, 0.1) is 17.6 Å². The van der Waals surface area contributed by atoms with Crippen molar-refractivity contribution in [2.24, 2.45) is 0 Å². The minimum atomic E-state index is -1.26. The molecular formula is C14H11NO6. The first-order valence-electron chi connectivity index (χ1n) is 5.91. The summed E-state index contributed by atoms with van der Waals surface area (Å²) in [4.78, 5) is 21.3. The van der Waals surface area contributed by atoms with Crippen LogP contribution in [-0.4, -0.2) is 21.1 Å². The summed E-state index contributed by atoms with van der Waals surface area (Å²) in [5, 5.41) is 29.1. The lowest BCUT2D eigenvalue weighted by atomic mass is 10.1. The number of nitro groups is 1. The van der Waals surface area contributed by atoms with Gasteiger partial charge in [-0.25, -0.2) is 4.79 Å². The van der Waals surface area contributed by atoms with Crippen molar-refractivity contribution in [1.82, 2.24) is 0 Å². The van der Waals surface area contributed by atoms with E-state index < -0.39 is 10.9 Å². The van der Waals surface area contributed by atoms with E-state index in [-0.39, 0.29) is 29.4 Å². The van der Waals surface area contributed by atoms with Crippen LogP contribution < -0.4 is 4.74 Å². The molecule has 0 aromatic heterocycles. The quantitative estimate of drug-likeness (QED) is 0.646. The molecule has 0 heterocycles. The maximum atomic E-state index is 11.1. The third-order valence-electron chi connectivity index (χ3n) is 2.77. The largest absolute Gasteiger partial charge is 0.478 e. The molecule has 2 aromatic carbocycles. The summed E-state index contributed by atoms with van der Waals surface area (Å²) >= 11 is 0. The Morgan fingerprint density at radius 1 is 1.19 bits per heavy atom. The normalized spacial score (nSPS) is 10.1. The number of aliphatic hydroxyl groups is 1. The van der Waals surface area contributed by atoms with E-state index in [9.17, 15) is 20.0 Å². The van der Waals surface area contributed by atoms with Gasteiger partial charge >= 0.3 is 5.97 Å². The number of rotatable bonds is 5. The second kappa shape index (κ2) is 6.02. The van der Waals surface area contributed by atoms with E-state index >= 15 is 0 Å². The molecule has 7 heteroatoms. The van der Waals surface area contributed by atoms with Gasteiger partial charge in [0.1, 0.15) is 17.1 Å². The molecule has 0 saturated heterocycles. The standard InChI is InChI=1S/C14H11NO6/c16-8-9-3-1-2-4-12(9)21-13-7-10(15(19)20)5-6-11(13)14(17)18/h1-7,16H,8H2,(H,17,18). The number of carboxylic acids is 1. The zero-order chi connectivity index (χ0) is 15.4. The van der Waals surface area contributed by atoms with Crippen LogP contribution in [-0.2, 0) is 6.61 Å². The molecule has 0 radical (unpaired) electrons. The van der Waals surface area contributed by atoms with E-state index in [1.807, 2.05) is 0 Å². The number of para-hydroxylation sites is 1. The lowest BCUT2D eigenvalue weighted by Gasteiger charge is -2.11. The minimum absolute atomic E-state index is 0.155. The SMILES string of the molecule is O=C(O)c1ccc([N+](=O)[O-])cc1Oc1ccccc1CO. The molecule has 2 N–H and O–H groups in total. The fourth-order valence-electron chi connectivity index (χ4n) is 1.74. The minimum Gasteiger partial charge on any atom is -0.478 e. The number of hydrogen-bond acceptors (Lipinski definition) is 5. The van der Waals surface area contributed by atoms with E-state index in [4.69, 9.17) is 9.84 Å². The van der Waals surface area contributed by atoms with Crippen LogP contribution in [0.15, 0.2) is 42.5 Å². The molecule has 0 aliphatic heterocycles. The van der Waals surface area contributed by atoms with Crippen molar-refractivity contribution in [3.63, 3.8) is 0 Å². The number of non-ortho nitro benzene ring substituents is 1. The summed E-state index contributed by atoms with van der Waals surface area (Å²) < 4.78 is 5.44. The Balaban J connectivity index is 2.48. The van der Waals surface area contributed by atoms with Gasteiger partial charge in [0.2, 0.25) is 0 Å². The topological polar surface area (TPSA) is 110 Å². The number of carbonyl (C=O) groups is 1. The summed E-state index contributed by atoms with van der Waals surface area (Å²) in [6.07, 6.45) is 0. The molecule has 21 heavy (non-hydrogen) atoms. The van der Waals surface area contributed by atoms with Crippen molar-refractivity contribution in [2.45, 2.75) is 6.61 Å². The molecular weight excluding hydrogens is 278 g/mol. The highest BCUT2D eigenvalue weighted by atomic mass is 16.6. The maximum absolute atomic E-state index is 11.1.